The number of hydrogen-bond donors (Lipinski definition) is 1. The standard InChI is InChI=1S/C30H45NO8/c1-19(2)12-10-8-9-11-13-24(32)31-17-20-14-15-21(22(16-20)33-7)34-18-23-25-26(37-29(3,4)36-25)27-28(35-23)39-30(5,6)38-27/h10,12,14-16,19,23,25-28H,8-9,11,13,17-18H2,1-7H3,(H,31,32)/b12-10+/t23-,25+,26+,27-,28-/m1/s1. The Kier molecular flexibility index (Phi) is 9.60. The van der Waals surface area contributed by atoms with Crippen molar-refractivity contribution in [3.63, 3.8) is 0 Å². The quantitative estimate of drug-likeness (QED) is 0.293. The predicted molar refractivity (Wildman–Crippen MR) is 145 cm³/mol. The SMILES string of the molecule is COc1cc(CNC(=O)CCCC/C=C/C(C)C)ccc1OC[C@H]1O[C@@H]2OC(C)(C)O[C@@H]2[C@H]2OC(C)(C)O[C@H]21. The van der Waals surface area contributed by atoms with E-state index in [2.05, 4.69) is 31.3 Å². The van der Waals surface area contributed by atoms with Gasteiger partial charge in [0, 0.05) is 13.0 Å². The lowest BCUT2D eigenvalue weighted by Crippen LogP contribution is -2.56. The summed E-state index contributed by atoms with van der Waals surface area (Å²) in [6, 6.07) is 5.64. The van der Waals surface area contributed by atoms with E-state index in [4.69, 9.17) is 33.2 Å². The lowest BCUT2D eigenvalue weighted by Gasteiger charge is -2.37. The highest BCUT2D eigenvalue weighted by atomic mass is 16.9. The molecule has 9 nitrogen and oxygen atoms in total. The molecular formula is C30H45NO8. The van der Waals surface area contributed by atoms with Crippen LogP contribution in [0, 0.1) is 5.92 Å². The first kappa shape index (κ1) is 29.8. The van der Waals surface area contributed by atoms with Crippen LogP contribution in [0.1, 0.15) is 72.8 Å². The summed E-state index contributed by atoms with van der Waals surface area (Å²) in [5.41, 5.74) is 0.928. The number of amides is 1. The van der Waals surface area contributed by atoms with Gasteiger partial charge in [-0.2, -0.15) is 0 Å². The first-order valence-corrected chi connectivity index (χ1v) is 14.1. The molecule has 0 bridgehead atoms. The number of benzene rings is 1. The molecule has 5 atom stereocenters. The normalized spacial score (nSPS) is 28.9. The van der Waals surface area contributed by atoms with Crippen LogP contribution in [0.25, 0.3) is 0 Å². The van der Waals surface area contributed by atoms with Crippen molar-refractivity contribution in [1.82, 2.24) is 5.32 Å². The lowest BCUT2D eigenvalue weighted by molar-refractivity contribution is -0.238. The number of ether oxygens (including phenoxy) is 7. The van der Waals surface area contributed by atoms with Crippen molar-refractivity contribution in [1.29, 1.82) is 0 Å². The zero-order chi connectivity index (χ0) is 28.2. The largest absolute Gasteiger partial charge is 0.493 e. The van der Waals surface area contributed by atoms with Crippen molar-refractivity contribution in [2.45, 2.75) is 116 Å². The molecule has 4 rings (SSSR count). The van der Waals surface area contributed by atoms with Crippen LogP contribution in [0.3, 0.4) is 0 Å². The summed E-state index contributed by atoms with van der Waals surface area (Å²) in [4.78, 5) is 12.3. The number of carbonyl (C=O) groups excluding carboxylic acids is 1. The Morgan fingerprint density at radius 3 is 2.46 bits per heavy atom. The van der Waals surface area contributed by atoms with Crippen molar-refractivity contribution in [3.8, 4) is 11.5 Å². The molecule has 9 heteroatoms. The number of rotatable bonds is 12. The maximum Gasteiger partial charge on any atom is 0.220 e. The van der Waals surface area contributed by atoms with Crippen molar-refractivity contribution in [2.75, 3.05) is 13.7 Å². The number of methoxy groups -OCH3 is 1. The van der Waals surface area contributed by atoms with Crippen LogP contribution in [0.4, 0.5) is 0 Å². The fraction of sp³-hybridized carbons (Fsp3) is 0.700. The zero-order valence-corrected chi connectivity index (χ0v) is 24.4. The van der Waals surface area contributed by atoms with Gasteiger partial charge in [-0.3, -0.25) is 4.79 Å². The molecule has 0 saturated carbocycles. The van der Waals surface area contributed by atoms with Gasteiger partial charge in [0.15, 0.2) is 29.4 Å². The number of nitrogens with one attached hydrogen (secondary N) is 1. The minimum atomic E-state index is -0.773. The summed E-state index contributed by atoms with van der Waals surface area (Å²) in [5, 5.41) is 2.99. The highest BCUT2D eigenvalue weighted by Crippen LogP contribution is 2.44. The number of hydrogen-bond acceptors (Lipinski definition) is 8. The minimum Gasteiger partial charge on any atom is -0.493 e. The van der Waals surface area contributed by atoms with Crippen molar-refractivity contribution in [2.24, 2.45) is 5.92 Å². The van der Waals surface area contributed by atoms with E-state index in [0.29, 0.717) is 30.4 Å². The van der Waals surface area contributed by atoms with Gasteiger partial charge in [0.2, 0.25) is 5.91 Å². The van der Waals surface area contributed by atoms with Crippen LogP contribution < -0.4 is 14.8 Å². The average molecular weight is 548 g/mol. The molecule has 0 unspecified atom stereocenters. The van der Waals surface area contributed by atoms with Gasteiger partial charge >= 0.3 is 0 Å². The molecule has 3 fully saturated rings. The van der Waals surface area contributed by atoms with Gasteiger partial charge in [-0.05, 0) is 70.6 Å². The highest BCUT2D eigenvalue weighted by Gasteiger charge is 2.60. The first-order valence-electron chi connectivity index (χ1n) is 14.1. The summed E-state index contributed by atoms with van der Waals surface area (Å²) in [6.45, 7) is 12.4. The Bertz CT molecular complexity index is 1010. The maximum atomic E-state index is 12.3. The second-order valence-corrected chi connectivity index (χ2v) is 11.7. The molecule has 0 aliphatic carbocycles. The molecule has 1 amide bonds. The van der Waals surface area contributed by atoms with E-state index in [0.717, 1.165) is 24.8 Å². The predicted octanol–water partition coefficient (Wildman–Crippen LogP) is 4.86. The fourth-order valence-electron chi connectivity index (χ4n) is 5.15. The van der Waals surface area contributed by atoms with E-state index in [1.165, 1.54) is 0 Å². The van der Waals surface area contributed by atoms with Crippen molar-refractivity contribution in [3.05, 3.63) is 35.9 Å². The van der Waals surface area contributed by atoms with E-state index in [9.17, 15) is 4.79 Å². The van der Waals surface area contributed by atoms with E-state index >= 15 is 0 Å². The second kappa shape index (κ2) is 12.6. The third-order valence-corrected chi connectivity index (χ3v) is 6.92. The van der Waals surface area contributed by atoms with E-state index in [1.807, 2.05) is 45.9 Å². The molecule has 0 aromatic heterocycles. The van der Waals surface area contributed by atoms with Crippen LogP contribution in [-0.4, -0.2) is 61.9 Å². The maximum absolute atomic E-state index is 12.3. The average Bonchev–Trinajstić information content (AvgIpc) is 3.37. The molecule has 1 N–H and O–H groups in total. The van der Waals surface area contributed by atoms with E-state index < -0.39 is 24.0 Å². The van der Waals surface area contributed by atoms with E-state index in [-0.39, 0.29) is 30.8 Å². The Hall–Kier alpha value is -2.17. The smallest absolute Gasteiger partial charge is 0.220 e. The third-order valence-electron chi connectivity index (χ3n) is 6.92. The Morgan fingerprint density at radius 2 is 1.72 bits per heavy atom. The number of unbranched alkanes of at least 4 members (excludes halogenated alkanes) is 2. The van der Waals surface area contributed by atoms with Crippen molar-refractivity contribution >= 4 is 5.91 Å². The van der Waals surface area contributed by atoms with Crippen LogP contribution in [-0.2, 0) is 35.0 Å². The molecule has 1 aromatic rings. The van der Waals surface area contributed by atoms with Gasteiger partial charge in [-0.15, -0.1) is 0 Å². The summed E-state index contributed by atoms with van der Waals surface area (Å²) < 4.78 is 42.3. The molecule has 0 spiro atoms. The monoisotopic (exact) mass is 547 g/mol. The van der Waals surface area contributed by atoms with Crippen LogP contribution >= 0.6 is 0 Å². The zero-order valence-electron chi connectivity index (χ0n) is 24.4. The Morgan fingerprint density at radius 1 is 1.00 bits per heavy atom. The van der Waals surface area contributed by atoms with Gasteiger partial charge in [-0.1, -0.05) is 32.1 Å². The second-order valence-electron chi connectivity index (χ2n) is 11.7. The van der Waals surface area contributed by atoms with E-state index in [1.54, 1.807) is 7.11 Å². The Balaban J connectivity index is 1.29. The molecule has 0 radical (unpaired) electrons. The van der Waals surface area contributed by atoms with Crippen LogP contribution in [0.5, 0.6) is 11.5 Å². The number of fused-ring (bicyclic) bond motifs is 3. The summed E-state index contributed by atoms with van der Waals surface area (Å²) in [6.07, 6.45) is 5.72. The lowest BCUT2D eigenvalue weighted by atomic mass is 9.99. The third kappa shape index (κ3) is 7.95. The molecule has 1 aromatic carbocycles. The molecule has 3 aliphatic heterocycles. The number of carbonyl (C=O) groups is 1. The topological polar surface area (TPSA) is 93.7 Å². The van der Waals surface area contributed by atoms with Crippen molar-refractivity contribution < 1.29 is 38.0 Å². The van der Waals surface area contributed by atoms with Gasteiger partial charge in [0.05, 0.1) is 7.11 Å². The minimum absolute atomic E-state index is 0.0485. The molecule has 39 heavy (non-hydrogen) atoms. The van der Waals surface area contributed by atoms with Gasteiger partial charge in [0.25, 0.3) is 0 Å². The first-order chi connectivity index (χ1) is 18.5. The molecular weight excluding hydrogens is 502 g/mol. The van der Waals surface area contributed by atoms with Crippen LogP contribution in [0.2, 0.25) is 0 Å². The van der Waals surface area contributed by atoms with Gasteiger partial charge in [0.1, 0.15) is 31.0 Å². The highest BCUT2D eigenvalue weighted by molar-refractivity contribution is 5.75. The molecule has 3 saturated heterocycles. The Labute approximate surface area is 232 Å². The van der Waals surface area contributed by atoms with Gasteiger partial charge < -0.3 is 38.5 Å². The van der Waals surface area contributed by atoms with Crippen LogP contribution in [0.15, 0.2) is 30.4 Å². The molecule has 218 valence electrons. The summed E-state index contributed by atoms with van der Waals surface area (Å²) in [5.74, 6) is 0.227. The summed E-state index contributed by atoms with van der Waals surface area (Å²) >= 11 is 0. The molecule has 3 aliphatic rings. The molecule has 3 heterocycles. The summed E-state index contributed by atoms with van der Waals surface area (Å²) in [7, 11) is 1.60. The number of allylic oxidation sites excluding steroid dienone is 2. The fourth-order valence-corrected chi connectivity index (χ4v) is 5.15. The van der Waals surface area contributed by atoms with Gasteiger partial charge in [-0.25, -0.2) is 0 Å².